The van der Waals surface area contributed by atoms with Crippen molar-refractivity contribution >= 4 is 5.91 Å². The molecule has 0 saturated carbocycles. The minimum atomic E-state index is 0.234. The highest BCUT2D eigenvalue weighted by Gasteiger charge is 2.36. The van der Waals surface area contributed by atoms with Crippen LogP contribution in [0.5, 0.6) is 0 Å². The number of ether oxygens (including phenoxy) is 1. The summed E-state index contributed by atoms with van der Waals surface area (Å²) in [5.41, 5.74) is 0. The van der Waals surface area contributed by atoms with Crippen LogP contribution in [0.2, 0.25) is 0 Å². The fraction of sp³-hybridized carbons (Fsp3) is 0.917. The van der Waals surface area contributed by atoms with Crippen molar-refractivity contribution in [1.82, 2.24) is 10.2 Å². The molecule has 2 saturated heterocycles. The molecule has 0 spiro atoms. The summed E-state index contributed by atoms with van der Waals surface area (Å²) in [5, 5.41) is 3.15. The number of rotatable bonds is 4. The number of nitrogens with zero attached hydrogens (tertiary/aromatic N) is 1. The zero-order valence-electron chi connectivity index (χ0n) is 10.2. The van der Waals surface area contributed by atoms with Crippen molar-refractivity contribution in [3.8, 4) is 0 Å². The van der Waals surface area contributed by atoms with Crippen LogP contribution in [0.15, 0.2) is 0 Å². The lowest BCUT2D eigenvalue weighted by molar-refractivity contribution is -0.136. The average molecular weight is 226 g/mol. The number of carbonyl (C=O) groups excluding carboxylic acids is 1. The highest BCUT2D eigenvalue weighted by Crippen LogP contribution is 2.25. The lowest BCUT2D eigenvalue weighted by Crippen LogP contribution is -2.51. The summed E-state index contributed by atoms with van der Waals surface area (Å²) in [4.78, 5) is 14.1. The first-order chi connectivity index (χ1) is 7.72. The second kappa shape index (κ2) is 5.15. The predicted molar refractivity (Wildman–Crippen MR) is 62.1 cm³/mol. The first kappa shape index (κ1) is 11.9. The molecule has 2 aliphatic rings. The highest BCUT2D eigenvalue weighted by atomic mass is 16.5. The topological polar surface area (TPSA) is 41.6 Å². The van der Waals surface area contributed by atoms with E-state index >= 15 is 0 Å². The third-order valence-corrected chi connectivity index (χ3v) is 3.75. The molecule has 1 N–H and O–H groups in total. The van der Waals surface area contributed by atoms with Gasteiger partial charge in [0.1, 0.15) is 0 Å². The van der Waals surface area contributed by atoms with Crippen molar-refractivity contribution in [3.63, 3.8) is 0 Å². The van der Waals surface area contributed by atoms with Gasteiger partial charge >= 0.3 is 0 Å². The quantitative estimate of drug-likeness (QED) is 0.751. The standard InChI is InChI=1S/C12H22N2O2/c1-3-16-8-11-7-14(6-9(11)2)12(15)10-4-13-5-10/h9-11,13H,3-8H2,1-2H3/t9-,11-/m0/s1. The molecule has 2 rings (SSSR count). The number of carbonyl (C=O) groups is 1. The summed E-state index contributed by atoms with van der Waals surface area (Å²) >= 11 is 0. The van der Waals surface area contributed by atoms with Crippen LogP contribution in [0.3, 0.4) is 0 Å². The van der Waals surface area contributed by atoms with Crippen molar-refractivity contribution in [2.24, 2.45) is 17.8 Å². The van der Waals surface area contributed by atoms with E-state index in [1.165, 1.54) is 0 Å². The Balaban J connectivity index is 1.82. The monoisotopic (exact) mass is 226 g/mol. The van der Waals surface area contributed by atoms with Crippen molar-refractivity contribution in [2.45, 2.75) is 13.8 Å². The van der Waals surface area contributed by atoms with Crippen LogP contribution < -0.4 is 5.32 Å². The maximum absolute atomic E-state index is 12.0. The zero-order chi connectivity index (χ0) is 11.5. The van der Waals surface area contributed by atoms with Gasteiger partial charge in [-0.05, 0) is 12.8 Å². The maximum atomic E-state index is 12.0. The SMILES string of the molecule is CCOC[C@@H]1CN(C(=O)C2CNC2)C[C@@H]1C. The van der Waals surface area contributed by atoms with Crippen LogP contribution in [0.25, 0.3) is 0 Å². The Labute approximate surface area is 97.3 Å². The average Bonchev–Trinajstić information content (AvgIpc) is 2.54. The van der Waals surface area contributed by atoms with E-state index in [1.807, 2.05) is 11.8 Å². The molecule has 4 heteroatoms. The Bertz CT molecular complexity index is 253. The van der Waals surface area contributed by atoms with Crippen LogP contribution in [-0.4, -0.2) is 50.2 Å². The van der Waals surface area contributed by atoms with Gasteiger partial charge in [-0.25, -0.2) is 0 Å². The van der Waals surface area contributed by atoms with E-state index in [4.69, 9.17) is 4.74 Å². The smallest absolute Gasteiger partial charge is 0.228 e. The van der Waals surface area contributed by atoms with Crippen LogP contribution in [0, 0.1) is 17.8 Å². The second-order valence-electron chi connectivity index (χ2n) is 5.00. The molecule has 2 atom stereocenters. The third kappa shape index (κ3) is 2.38. The molecule has 2 aliphatic heterocycles. The van der Waals surface area contributed by atoms with Crippen molar-refractivity contribution < 1.29 is 9.53 Å². The molecule has 4 nitrogen and oxygen atoms in total. The van der Waals surface area contributed by atoms with Crippen molar-refractivity contribution in [1.29, 1.82) is 0 Å². The van der Waals surface area contributed by atoms with E-state index in [0.717, 1.165) is 39.4 Å². The minimum Gasteiger partial charge on any atom is -0.381 e. The lowest BCUT2D eigenvalue weighted by Gasteiger charge is -2.30. The summed E-state index contributed by atoms with van der Waals surface area (Å²) in [6.45, 7) is 9.32. The summed E-state index contributed by atoms with van der Waals surface area (Å²) in [5.74, 6) is 1.67. The lowest BCUT2D eigenvalue weighted by atomic mass is 9.99. The van der Waals surface area contributed by atoms with Gasteiger partial charge in [0.05, 0.1) is 12.5 Å². The molecule has 2 heterocycles. The van der Waals surface area contributed by atoms with Crippen LogP contribution >= 0.6 is 0 Å². The number of hydrogen-bond acceptors (Lipinski definition) is 3. The molecule has 16 heavy (non-hydrogen) atoms. The summed E-state index contributed by atoms with van der Waals surface area (Å²) in [7, 11) is 0. The predicted octanol–water partition coefficient (Wildman–Crippen LogP) is 0.337. The van der Waals surface area contributed by atoms with E-state index in [0.29, 0.717) is 17.7 Å². The van der Waals surface area contributed by atoms with E-state index in [9.17, 15) is 4.79 Å². The molecular weight excluding hydrogens is 204 g/mol. The fourth-order valence-corrected chi connectivity index (χ4v) is 2.42. The number of likely N-dealkylation sites (tertiary alicyclic amines) is 1. The van der Waals surface area contributed by atoms with Gasteiger partial charge < -0.3 is 15.0 Å². The number of nitrogens with one attached hydrogen (secondary N) is 1. The van der Waals surface area contributed by atoms with Gasteiger partial charge in [-0.1, -0.05) is 6.92 Å². The molecule has 2 fully saturated rings. The Morgan fingerprint density at radius 3 is 2.75 bits per heavy atom. The minimum absolute atomic E-state index is 0.234. The fourth-order valence-electron chi connectivity index (χ4n) is 2.42. The van der Waals surface area contributed by atoms with Gasteiger partial charge in [0.25, 0.3) is 0 Å². The maximum Gasteiger partial charge on any atom is 0.228 e. The molecular formula is C12H22N2O2. The van der Waals surface area contributed by atoms with Gasteiger partial charge in [-0.2, -0.15) is 0 Å². The summed E-state index contributed by atoms with van der Waals surface area (Å²) in [6, 6.07) is 0. The molecule has 0 aromatic carbocycles. The molecule has 1 amide bonds. The van der Waals surface area contributed by atoms with E-state index in [1.54, 1.807) is 0 Å². The molecule has 0 unspecified atom stereocenters. The molecule has 92 valence electrons. The Hall–Kier alpha value is -0.610. The van der Waals surface area contributed by atoms with Crippen molar-refractivity contribution in [3.05, 3.63) is 0 Å². The van der Waals surface area contributed by atoms with Gasteiger partial charge in [0.15, 0.2) is 0 Å². The summed E-state index contributed by atoms with van der Waals surface area (Å²) < 4.78 is 5.47. The van der Waals surface area contributed by atoms with Crippen LogP contribution in [0.1, 0.15) is 13.8 Å². The third-order valence-electron chi connectivity index (χ3n) is 3.75. The van der Waals surface area contributed by atoms with Gasteiger partial charge in [0.2, 0.25) is 5.91 Å². The first-order valence-corrected chi connectivity index (χ1v) is 6.29. The number of amides is 1. The zero-order valence-corrected chi connectivity index (χ0v) is 10.2. The van der Waals surface area contributed by atoms with E-state index in [2.05, 4.69) is 12.2 Å². The normalized spacial score (nSPS) is 30.5. The Morgan fingerprint density at radius 1 is 1.44 bits per heavy atom. The van der Waals surface area contributed by atoms with Gasteiger partial charge in [-0.15, -0.1) is 0 Å². The molecule has 0 bridgehead atoms. The number of hydrogen-bond donors (Lipinski definition) is 1. The van der Waals surface area contributed by atoms with Crippen LogP contribution in [0.4, 0.5) is 0 Å². The molecule has 0 aromatic rings. The Kier molecular flexibility index (Phi) is 3.82. The van der Waals surface area contributed by atoms with Crippen LogP contribution in [-0.2, 0) is 9.53 Å². The van der Waals surface area contributed by atoms with Gasteiger partial charge in [0, 0.05) is 38.7 Å². The summed E-state index contributed by atoms with van der Waals surface area (Å²) in [6.07, 6.45) is 0. The van der Waals surface area contributed by atoms with Gasteiger partial charge in [-0.3, -0.25) is 4.79 Å². The van der Waals surface area contributed by atoms with Crippen molar-refractivity contribution in [2.75, 3.05) is 39.4 Å². The van der Waals surface area contributed by atoms with E-state index in [-0.39, 0.29) is 5.92 Å². The second-order valence-corrected chi connectivity index (χ2v) is 5.00. The Morgan fingerprint density at radius 2 is 2.19 bits per heavy atom. The first-order valence-electron chi connectivity index (χ1n) is 6.29. The molecule has 0 aliphatic carbocycles. The molecule has 0 radical (unpaired) electrons. The van der Waals surface area contributed by atoms with E-state index < -0.39 is 0 Å². The highest BCUT2D eigenvalue weighted by molar-refractivity contribution is 5.80. The largest absolute Gasteiger partial charge is 0.381 e. The molecule has 0 aromatic heterocycles.